The lowest BCUT2D eigenvalue weighted by Gasteiger charge is -2.40. The molecule has 6 N–H and O–H groups in total. The predicted octanol–water partition coefficient (Wildman–Crippen LogP) is 15.2. The van der Waals surface area contributed by atoms with Gasteiger partial charge in [0, 0.05) is 6.42 Å². The Morgan fingerprint density at radius 1 is 0.486 bits per heavy atom. The highest BCUT2D eigenvalue weighted by Gasteiger charge is 2.44. The van der Waals surface area contributed by atoms with Crippen LogP contribution >= 0.6 is 0 Å². The third-order valence-corrected chi connectivity index (χ3v) is 14.1. The molecule has 1 rings (SSSR count). The van der Waals surface area contributed by atoms with Crippen LogP contribution in [0.1, 0.15) is 264 Å². The van der Waals surface area contributed by atoms with E-state index in [1.165, 1.54) is 148 Å². The lowest BCUT2D eigenvalue weighted by Crippen LogP contribution is -2.60. The molecular weight excluding hydrogens is 899 g/mol. The van der Waals surface area contributed by atoms with Crippen molar-refractivity contribution in [3.05, 3.63) is 72.9 Å². The van der Waals surface area contributed by atoms with E-state index in [0.717, 1.165) is 89.9 Å². The maximum atomic E-state index is 13.1. The normalized spacial score (nSPS) is 19.7. The molecule has 0 aromatic carbocycles. The number of amides is 1. The number of allylic oxidation sites excluding steroid dienone is 12. The minimum absolute atomic E-state index is 0.144. The van der Waals surface area contributed by atoms with Crippen LogP contribution in [0.5, 0.6) is 0 Å². The third-order valence-electron chi connectivity index (χ3n) is 14.1. The van der Waals surface area contributed by atoms with Crippen LogP contribution in [0, 0.1) is 0 Å². The highest BCUT2D eigenvalue weighted by Crippen LogP contribution is 2.23. The van der Waals surface area contributed by atoms with Crippen molar-refractivity contribution in [1.82, 2.24) is 5.32 Å². The molecule has 1 heterocycles. The van der Waals surface area contributed by atoms with Gasteiger partial charge < -0.3 is 40.3 Å². The molecule has 72 heavy (non-hydrogen) atoms. The molecule has 0 radical (unpaired) electrons. The van der Waals surface area contributed by atoms with Gasteiger partial charge in [-0.1, -0.05) is 267 Å². The van der Waals surface area contributed by atoms with Gasteiger partial charge in [0.1, 0.15) is 24.4 Å². The standard InChI is InChI=1S/C63H113NO8/c1-3-5-7-9-11-13-15-17-19-21-23-25-27-28-29-30-31-33-35-37-39-41-43-45-47-49-51-53-59(67)64-56(55-71-63-62(70)61(69)60(68)58(54-65)72-63)57(66)52-50-48-46-44-42-40-38-36-34-32-26-24-22-20-18-16-14-12-10-8-6-4-2/h5,7,11,13,17,19,23,25,28-29,31,33,56-58,60-63,65-66,68-70H,3-4,6,8-10,12,14-16,18,20-22,24,26-27,30,32,34-55H2,1-2H3,(H,64,67)/b7-5-,13-11-,19-17-,25-23-,29-28-,33-31-. The monoisotopic (exact) mass is 1010 g/mol. The first-order valence-corrected chi connectivity index (χ1v) is 30.1. The SMILES string of the molecule is CC/C=C\C/C=C\C/C=C\C/C=C\C/C=C\C/C=C\CCCCCCCCCCC(=O)NC(COC1OC(CO)C(O)C(O)C1O)C(O)CCCCCCCCCCCCCCCCCCCCCCCC. The fraction of sp³-hybridized carbons (Fsp3) is 0.794. The van der Waals surface area contributed by atoms with Crippen molar-refractivity contribution >= 4 is 5.91 Å². The van der Waals surface area contributed by atoms with Gasteiger partial charge in [0.05, 0.1) is 25.4 Å². The number of hydrogen-bond acceptors (Lipinski definition) is 8. The van der Waals surface area contributed by atoms with Gasteiger partial charge in [-0.25, -0.2) is 0 Å². The Morgan fingerprint density at radius 2 is 0.861 bits per heavy atom. The lowest BCUT2D eigenvalue weighted by molar-refractivity contribution is -0.302. The first-order valence-electron chi connectivity index (χ1n) is 30.1. The second-order valence-corrected chi connectivity index (χ2v) is 20.8. The zero-order valence-corrected chi connectivity index (χ0v) is 46.4. The van der Waals surface area contributed by atoms with Crippen molar-refractivity contribution in [2.45, 2.75) is 307 Å². The first-order chi connectivity index (χ1) is 35.3. The molecule has 1 saturated heterocycles. The molecule has 1 fully saturated rings. The van der Waals surface area contributed by atoms with Crippen LogP contribution in [0.25, 0.3) is 0 Å². The molecule has 0 spiro atoms. The van der Waals surface area contributed by atoms with E-state index in [0.29, 0.717) is 12.8 Å². The van der Waals surface area contributed by atoms with Crippen LogP contribution in [0.4, 0.5) is 0 Å². The third kappa shape index (κ3) is 40.9. The zero-order valence-electron chi connectivity index (χ0n) is 46.4. The van der Waals surface area contributed by atoms with E-state index < -0.39 is 49.5 Å². The largest absolute Gasteiger partial charge is 0.394 e. The van der Waals surface area contributed by atoms with E-state index in [1.54, 1.807) is 0 Å². The molecule has 0 bridgehead atoms. The van der Waals surface area contributed by atoms with Gasteiger partial charge in [0.15, 0.2) is 6.29 Å². The number of rotatable bonds is 51. The van der Waals surface area contributed by atoms with Crippen LogP contribution in [0.2, 0.25) is 0 Å². The molecule has 7 atom stereocenters. The van der Waals surface area contributed by atoms with Gasteiger partial charge in [-0.3, -0.25) is 4.79 Å². The molecule has 9 heteroatoms. The quantitative estimate of drug-likeness (QED) is 0.0261. The topological polar surface area (TPSA) is 149 Å². The number of unbranched alkanes of at least 4 members (excludes halogenated alkanes) is 29. The van der Waals surface area contributed by atoms with Crippen molar-refractivity contribution in [3.8, 4) is 0 Å². The van der Waals surface area contributed by atoms with Crippen molar-refractivity contribution in [1.29, 1.82) is 0 Å². The van der Waals surface area contributed by atoms with Gasteiger partial charge in [0.2, 0.25) is 5.91 Å². The molecular formula is C63H113NO8. The van der Waals surface area contributed by atoms with Crippen molar-refractivity contribution < 1.29 is 39.8 Å². The van der Waals surface area contributed by atoms with Crippen LogP contribution in [0.15, 0.2) is 72.9 Å². The van der Waals surface area contributed by atoms with Gasteiger partial charge in [0.25, 0.3) is 0 Å². The number of aliphatic hydroxyl groups excluding tert-OH is 5. The van der Waals surface area contributed by atoms with Crippen molar-refractivity contribution in [2.75, 3.05) is 13.2 Å². The van der Waals surface area contributed by atoms with Crippen LogP contribution in [0.3, 0.4) is 0 Å². The second-order valence-electron chi connectivity index (χ2n) is 20.8. The average Bonchev–Trinajstić information content (AvgIpc) is 3.38. The maximum Gasteiger partial charge on any atom is 0.220 e. The number of hydrogen-bond donors (Lipinski definition) is 6. The van der Waals surface area contributed by atoms with Crippen molar-refractivity contribution in [2.24, 2.45) is 0 Å². The molecule has 1 amide bonds. The number of aliphatic hydroxyl groups is 5. The van der Waals surface area contributed by atoms with Crippen LogP contribution in [-0.2, 0) is 14.3 Å². The summed E-state index contributed by atoms with van der Waals surface area (Å²) in [5, 5.41) is 54.8. The van der Waals surface area contributed by atoms with E-state index in [1.807, 2.05) is 0 Å². The number of nitrogens with one attached hydrogen (secondary N) is 1. The molecule has 418 valence electrons. The fourth-order valence-electron chi connectivity index (χ4n) is 9.34. The van der Waals surface area contributed by atoms with Gasteiger partial charge in [-0.05, 0) is 64.2 Å². The Morgan fingerprint density at radius 3 is 1.28 bits per heavy atom. The summed E-state index contributed by atoms with van der Waals surface area (Å²) >= 11 is 0. The highest BCUT2D eigenvalue weighted by molar-refractivity contribution is 5.76. The summed E-state index contributed by atoms with van der Waals surface area (Å²) in [6, 6.07) is -0.729. The molecule has 7 unspecified atom stereocenters. The summed E-state index contributed by atoms with van der Waals surface area (Å²) in [7, 11) is 0. The van der Waals surface area contributed by atoms with E-state index >= 15 is 0 Å². The summed E-state index contributed by atoms with van der Waals surface area (Å²) < 4.78 is 11.3. The van der Waals surface area contributed by atoms with Crippen LogP contribution in [-0.4, -0.2) is 87.5 Å². The Labute approximate surface area is 442 Å². The average molecular weight is 1010 g/mol. The smallest absolute Gasteiger partial charge is 0.220 e. The zero-order chi connectivity index (χ0) is 52.2. The molecule has 0 aromatic heterocycles. The minimum atomic E-state index is -1.56. The Hall–Kier alpha value is -2.37. The molecule has 9 nitrogen and oxygen atoms in total. The Balaban J connectivity index is 2.21. The van der Waals surface area contributed by atoms with Crippen molar-refractivity contribution in [3.63, 3.8) is 0 Å². The van der Waals surface area contributed by atoms with E-state index in [4.69, 9.17) is 9.47 Å². The van der Waals surface area contributed by atoms with Gasteiger partial charge in [-0.15, -0.1) is 0 Å². The van der Waals surface area contributed by atoms with Crippen LogP contribution < -0.4 is 5.32 Å². The molecule has 0 aromatic rings. The summed E-state index contributed by atoms with van der Waals surface area (Å²) in [6.45, 7) is 3.74. The molecule has 0 aliphatic carbocycles. The minimum Gasteiger partial charge on any atom is -0.394 e. The summed E-state index contributed by atoms with van der Waals surface area (Å²) in [5.41, 5.74) is 0. The summed E-state index contributed by atoms with van der Waals surface area (Å²) in [6.07, 6.45) is 64.9. The number of ether oxygens (including phenoxy) is 2. The lowest BCUT2D eigenvalue weighted by atomic mass is 9.99. The van der Waals surface area contributed by atoms with E-state index in [-0.39, 0.29) is 12.5 Å². The number of carbonyl (C=O) groups is 1. The number of carbonyl (C=O) groups excluding carboxylic acids is 1. The van der Waals surface area contributed by atoms with Gasteiger partial charge in [-0.2, -0.15) is 0 Å². The fourth-order valence-corrected chi connectivity index (χ4v) is 9.34. The maximum absolute atomic E-state index is 13.1. The highest BCUT2D eigenvalue weighted by atomic mass is 16.7. The second kappa shape index (κ2) is 52.1. The molecule has 1 aliphatic heterocycles. The molecule has 0 saturated carbocycles. The predicted molar refractivity (Wildman–Crippen MR) is 304 cm³/mol. The molecule has 1 aliphatic rings. The Kier molecular flexibility index (Phi) is 48.9. The van der Waals surface area contributed by atoms with E-state index in [9.17, 15) is 30.3 Å². The van der Waals surface area contributed by atoms with Gasteiger partial charge >= 0.3 is 0 Å². The summed E-state index contributed by atoms with van der Waals surface area (Å²) in [4.78, 5) is 13.1. The Bertz CT molecular complexity index is 1360. The summed E-state index contributed by atoms with van der Waals surface area (Å²) in [5.74, 6) is -0.153. The first kappa shape index (κ1) is 67.6. The van der Waals surface area contributed by atoms with E-state index in [2.05, 4.69) is 92.1 Å².